The number of carbonyl (C=O) groups excluding carboxylic acids is 1. The third-order valence-electron chi connectivity index (χ3n) is 5.34. The zero-order chi connectivity index (χ0) is 23.0. The van der Waals surface area contributed by atoms with E-state index in [1.165, 1.54) is 5.56 Å². The number of anilines is 2. The Labute approximate surface area is 193 Å². The van der Waals surface area contributed by atoms with Gasteiger partial charge in [-0.1, -0.05) is 35.6 Å². The van der Waals surface area contributed by atoms with Crippen LogP contribution in [0.5, 0.6) is 0 Å². The number of amides is 2. The summed E-state index contributed by atoms with van der Waals surface area (Å²) in [5.41, 5.74) is 3.10. The maximum atomic E-state index is 12.3. The quantitative estimate of drug-likeness (QED) is 0.616. The number of nitrogens with zero attached hydrogens (tertiary/aromatic N) is 5. The van der Waals surface area contributed by atoms with E-state index in [4.69, 9.17) is 10.1 Å². The van der Waals surface area contributed by atoms with Crippen molar-refractivity contribution in [3.8, 4) is 11.3 Å². The van der Waals surface area contributed by atoms with Gasteiger partial charge in [-0.3, -0.25) is 0 Å². The number of carbonyl (C=O) groups is 1. The molecule has 8 nitrogen and oxygen atoms in total. The van der Waals surface area contributed by atoms with Gasteiger partial charge in [0.15, 0.2) is 5.82 Å². The molecule has 0 unspecified atom stereocenters. The van der Waals surface area contributed by atoms with Crippen molar-refractivity contribution >= 4 is 33.3 Å². The molecule has 0 spiro atoms. The fraction of sp³-hybridized carbons (Fsp3) is 0.522. The maximum Gasteiger partial charge on any atom is 0.317 e. The van der Waals surface area contributed by atoms with Crippen LogP contribution in [0.2, 0.25) is 0 Å². The van der Waals surface area contributed by atoms with Crippen LogP contribution in [0.15, 0.2) is 24.3 Å². The lowest BCUT2D eigenvalue weighted by atomic mass is 10.0. The second kappa shape index (κ2) is 8.61. The van der Waals surface area contributed by atoms with Crippen molar-refractivity contribution in [2.45, 2.75) is 53.1 Å². The number of hydrogen-bond donors (Lipinski definition) is 2. The minimum atomic E-state index is -0.132. The van der Waals surface area contributed by atoms with Gasteiger partial charge in [-0.15, -0.1) is 5.10 Å². The Morgan fingerprint density at radius 3 is 2.44 bits per heavy atom. The number of fused-ring (bicyclic) bond motifs is 1. The van der Waals surface area contributed by atoms with Crippen LogP contribution in [-0.4, -0.2) is 63.3 Å². The second-order valence-corrected chi connectivity index (χ2v) is 10.6. The molecular formula is C23H33N7OS. The molecule has 0 aliphatic carbocycles. The molecule has 32 heavy (non-hydrogen) atoms. The van der Waals surface area contributed by atoms with Crippen LogP contribution >= 0.6 is 11.3 Å². The Balaban J connectivity index is 1.61. The first-order valence-corrected chi connectivity index (χ1v) is 12.0. The molecule has 0 saturated carbocycles. The molecule has 0 atom stereocenters. The van der Waals surface area contributed by atoms with Crippen molar-refractivity contribution < 1.29 is 4.79 Å². The molecule has 4 rings (SSSR count). The summed E-state index contributed by atoms with van der Waals surface area (Å²) in [6, 6.07) is 8.46. The van der Waals surface area contributed by atoms with E-state index < -0.39 is 0 Å². The van der Waals surface area contributed by atoms with Crippen LogP contribution < -0.4 is 15.5 Å². The molecule has 1 saturated heterocycles. The standard InChI is InChI=1S/C23H33N7OS/c1-15(2)24-20(31)28-11-13-29(14-12-28)22-27-30-19(26-23(4,5)6)18(25-21(30)32-22)17-10-8-7-9-16(17)3/h7-10,15,26H,11-14H2,1-6H3,(H,24,31). The Morgan fingerprint density at radius 1 is 1.12 bits per heavy atom. The highest BCUT2D eigenvalue weighted by molar-refractivity contribution is 7.20. The monoisotopic (exact) mass is 455 g/mol. The molecule has 172 valence electrons. The summed E-state index contributed by atoms with van der Waals surface area (Å²) in [4.78, 5) is 22.2. The van der Waals surface area contributed by atoms with Gasteiger partial charge in [0.2, 0.25) is 10.1 Å². The van der Waals surface area contributed by atoms with E-state index in [1.807, 2.05) is 35.4 Å². The molecule has 1 aliphatic rings. The number of rotatable bonds is 4. The van der Waals surface area contributed by atoms with Crippen molar-refractivity contribution in [1.82, 2.24) is 24.8 Å². The van der Waals surface area contributed by atoms with Gasteiger partial charge in [-0.2, -0.15) is 4.52 Å². The number of aromatic nitrogens is 3. The summed E-state index contributed by atoms with van der Waals surface area (Å²) in [5, 5.41) is 12.5. The smallest absolute Gasteiger partial charge is 0.317 e. The molecule has 3 aromatic rings. The van der Waals surface area contributed by atoms with Gasteiger partial charge in [-0.25, -0.2) is 9.78 Å². The van der Waals surface area contributed by atoms with E-state index in [0.29, 0.717) is 13.1 Å². The zero-order valence-electron chi connectivity index (χ0n) is 19.8. The normalized spacial score (nSPS) is 15.0. The topological polar surface area (TPSA) is 77.8 Å². The summed E-state index contributed by atoms with van der Waals surface area (Å²) >= 11 is 1.59. The average Bonchev–Trinajstić information content (AvgIpc) is 3.26. The first kappa shape index (κ1) is 22.4. The molecule has 0 bridgehead atoms. The van der Waals surface area contributed by atoms with Crippen molar-refractivity contribution in [3.63, 3.8) is 0 Å². The van der Waals surface area contributed by atoms with E-state index >= 15 is 0 Å². The number of hydrogen-bond acceptors (Lipinski definition) is 6. The van der Waals surface area contributed by atoms with Gasteiger partial charge < -0.3 is 20.4 Å². The summed E-state index contributed by atoms with van der Waals surface area (Å²) in [5.74, 6) is 0.916. The van der Waals surface area contributed by atoms with E-state index in [-0.39, 0.29) is 17.6 Å². The van der Waals surface area contributed by atoms with Crippen LogP contribution in [0.25, 0.3) is 16.2 Å². The van der Waals surface area contributed by atoms with Crippen molar-refractivity contribution in [3.05, 3.63) is 29.8 Å². The molecule has 3 heterocycles. The lowest BCUT2D eigenvalue weighted by molar-refractivity contribution is 0.192. The van der Waals surface area contributed by atoms with Gasteiger partial charge in [-0.05, 0) is 47.1 Å². The third-order valence-corrected chi connectivity index (χ3v) is 6.31. The second-order valence-electron chi connectivity index (χ2n) is 9.66. The van der Waals surface area contributed by atoms with Gasteiger partial charge in [0.25, 0.3) is 0 Å². The molecule has 1 aromatic carbocycles. The molecule has 1 fully saturated rings. The predicted octanol–water partition coefficient (Wildman–Crippen LogP) is 4.22. The van der Waals surface area contributed by atoms with Crippen LogP contribution in [0.4, 0.5) is 15.7 Å². The molecule has 2 amide bonds. The lowest BCUT2D eigenvalue weighted by Crippen LogP contribution is -2.52. The molecule has 0 radical (unpaired) electrons. The highest BCUT2D eigenvalue weighted by Gasteiger charge is 2.27. The SMILES string of the molecule is Cc1ccccc1-c1nc2sc(N3CCN(C(=O)NC(C)C)CC3)nn2c1NC(C)(C)C. The van der Waals surface area contributed by atoms with Crippen LogP contribution in [0.1, 0.15) is 40.2 Å². The first-order chi connectivity index (χ1) is 15.1. The van der Waals surface area contributed by atoms with Crippen LogP contribution in [0, 0.1) is 6.92 Å². The van der Waals surface area contributed by atoms with Crippen molar-refractivity contribution in [2.75, 3.05) is 36.4 Å². The third kappa shape index (κ3) is 4.67. The van der Waals surface area contributed by atoms with Gasteiger partial charge >= 0.3 is 6.03 Å². The summed E-state index contributed by atoms with van der Waals surface area (Å²) in [6.07, 6.45) is 0. The lowest BCUT2D eigenvalue weighted by Gasteiger charge is -2.34. The zero-order valence-corrected chi connectivity index (χ0v) is 20.6. The number of benzene rings is 1. The number of nitrogens with one attached hydrogen (secondary N) is 2. The molecular weight excluding hydrogens is 422 g/mol. The molecule has 2 N–H and O–H groups in total. The molecule has 2 aromatic heterocycles. The number of imidazole rings is 1. The summed E-state index contributed by atoms with van der Waals surface area (Å²) in [7, 11) is 0. The highest BCUT2D eigenvalue weighted by Crippen LogP contribution is 2.36. The predicted molar refractivity (Wildman–Crippen MR) is 132 cm³/mol. The van der Waals surface area contributed by atoms with Crippen molar-refractivity contribution in [1.29, 1.82) is 0 Å². The van der Waals surface area contributed by atoms with E-state index in [0.717, 1.165) is 40.3 Å². The minimum Gasteiger partial charge on any atom is -0.364 e. The van der Waals surface area contributed by atoms with Gasteiger partial charge in [0.1, 0.15) is 5.69 Å². The number of aryl methyl sites for hydroxylation is 1. The van der Waals surface area contributed by atoms with Gasteiger partial charge in [0.05, 0.1) is 0 Å². The first-order valence-electron chi connectivity index (χ1n) is 11.2. The Bertz CT molecular complexity index is 1100. The highest BCUT2D eigenvalue weighted by atomic mass is 32.1. The van der Waals surface area contributed by atoms with E-state index in [2.05, 4.69) is 55.4 Å². The maximum absolute atomic E-state index is 12.3. The van der Waals surface area contributed by atoms with Crippen molar-refractivity contribution in [2.24, 2.45) is 0 Å². The fourth-order valence-electron chi connectivity index (χ4n) is 3.80. The molecule has 1 aliphatic heterocycles. The average molecular weight is 456 g/mol. The Hall–Kier alpha value is -2.81. The van der Waals surface area contributed by atoms with Crippen LogP contribution in [0.3, 0.4) is 0 Å². The molecule has 9 heteroatoms. The van der Waals surface area contributed by atoms with E-state index in [9.17, 15) is 4.79 Å². The summed E-state index contributed by atoms with van der Waals surface area (Å²) in [6.45, 7) is 15.4. The fourth-order valence-corrected chi connectivity index (χ4v) is 4.75. The van der Waals surface area contributed by atoms with Gasteiger partial charge in [0, 0.05) is 43.3 Å². The summed E-state index contributed by atoms with van der Waals surface area (Å²) < 4.78 is 1.94. The Kier molecular flexibility index (Phi) is 6.03. The number of piperazine rings is 1. The number of urea groups is 1. The van der Waals surface area contributed by atoms with E-state index in [1.54, 1.807) is 11.3 Å². The minimum absolute atomic E-state index is 0.00753. The largest absolute Gasteiger partial charge is 0.364 e. The Morgan fingerprint density at radius 2 is 1.81 bits per heavy atom. The van der Waals surface area contributed by atoms with Crippen LogP contribution in [-0.2, 0) is 0 Å².